The first kappa shape index (κ1) is 36.1. The number of piperidine rings is 1. The highest BCUT2D eigenvalue weighted by Crippen LogP contribution is 2.50. The highest BCUT2D eigenvalue weighted by atomic mass is 35.5. The number of hydrogen-bond donors (Lipinski definition) is 3. The van der Waals surface area contributed by atoms with Gasteiger partial charge in [-0.05, 0) is 113 Å². The molecule has 1 atom stereocenters. The number of carboxylic acids is 1. The molecule has 12 heteroatoms. The van der Waals surface area contributed by atoms with E-state index in [2.05, 4.69) is 4.90 Å². The molecule has 10 nitrogen and oxygen atoms in total. The predicted octanol–water partition coefficient (Wildman–Crippen LogP) is 8.03. The summed E-state index contributed by atoms with van der Waals surface area (Å²) in [6.45, 7) is 11.5. The minimum atomic E-state index is -5.22. The molecule has 1 aliphatic heterocycles. The van der Waals surface area contributed by atoms with E-state index in [0.29, 0.717) is 31.0 Å². The normalized spacial score (nSPS) is 16.0. The van der Waals surface area contributed by atoms with Crippen molar-refractivity contribution in [2.45, 2.75) is 77.8 Å². The van der Waals surface area contributed by atoms with E-state index >= 15 is 0 Å². The summed E-state index contributed by atoms with van der Waals surface area (Å²) in [7, 11) is -5.22. The van der Waals surface area contributed by atoms with Crippen LogP contribution in [0.1, 0.15) is 76.4 Å². The maximum absolute atomic E-state index is 12.5. The number of aromatic carboxylic acids is 1. The van der Waals surface area contributed by atoms with Crippen molar-refractivity contribution in [2.75, 3.05) is 18.0 Å². The number of benzene rings is 3. The average molecular weight is 676 g/mol. The lowest BCUT2D eigenvalue weighted by Gasteiger charge is -2.45. The molecule has 3 aromatic rings. The summed E-state index contributed by atoms with van der Waals surface area (Å²) in [5, 5.41) is 9.89. The molecule has 0 radical (unpaired) electrons. The fraction of sp³-hybridized carbons (Fsp3) is 0.441. The Morgan fingerprint density at radius 2 is 1.41 bits per heavy atom. The Hall–Kier alpha value is -2.79. The lowest BCUT2D eigenvalue weighted by Crippen LogP contribution is -2.52. The molecule has 4 rings (SSSR count). The van der Waals surface area contributed by atoms with Crippen LogP contribution < -0.4 is 4.90 Å². The summed E-state index contributed by atoms with van der Waals surface area (Å²) in [4.78, 5) is 33.7. The van der Waals surface area contributed by atoms with Crippen LogP contribution in [0.3, 0.4) is 0 Å². The van der Waals surface area contributed by atoms with Crippen LogP contribution in [-0.4, -0.2) is 51.3 Å². The number of carbonyl (C=O) groups is 1. The maximum atomic E-state index is 12.5. The first-order valence-electron chi connectivity index (χ1n) is 15.1. The smallest absolute Gasteiger partial charge is 0.475 e. The van der Waals surface area contributed by atoms with Crippen LogP contribution in [-0.2, 0) is 23.3 Å². The standard InChI is InChI=1S/C34H43ClNO9P/c1-32(2,3)43-34(44-33(4,5)6,45-46(39,40)41)42-30(29-10-8-7-9-28(29)23-11-15-26(35)16-12-23)24-19-21-36(22-20-24)27-17-13-25(14-18-27)31(37)38/h7-18,24,30H,19-22H2,1-6H3,(H,37,38)(H2,39,40,41)/t30-/m1/s1. The average Bonchev–Trinajstić information content (AvgIpc) is 2.94. The summed E-state index contributed by atoms with van der Waals surface area (Å²) in [5.41, 5.74) is 1.56. The summed E-state index contributed by atoms with van der Waals surface area (Å²) < 4.78 is 36.8. The van der Waals surface area contributed by atoms with E-state index in [1.54, 1.807) is 77.9 Å². The van der Waals surface area contributed by atoms with Gasteiger partial charge in [0.2, 0.25) is 0 Å². The second kappa shape index (κ2) is 14.1. The Kier molecular flexibility index (Phi) is 11.1. The molecule has 1 fully saturated rings. The van der Waals surface area contributed by atoms with Crippen molar-refractivity contribution in [3.8, 4) is 11.1 Å². The third-order valence-electron chi connectivity index (χ3n) is 7.23. The third-order valence-corrected chi connectivity index (χ3v) is 7.95. The molecule has 0 aromatic heterocycles. The number of nitrogens with zero attached hydrogens (tertiary/aromatic N) is 1. The molecule has 3 N–H and O–H groups in total. The van der Waals surface area contributed by atoms with E-state index in [9.17, 15) is 24.3 Å². The number of ether oxygens (including phenoxy) is 3. The SMILES string of the molecule is CC(C)(C)OC(O[C@@H](c1ccccc1-c1ccc(Cl)cc1)C1CCN(c2ccc(C(=O)O)cc2)CC1)(OC(C)(C)C)OP(=O)(O)O. The summed E-state index contributed by atoms with van der Waals surface area (Å²) in [6.07, 6.45) is -2.15. The molecule has 250 valence electrons. The number of rotatable bonds is 11. The van der Waals surface area contributed by atoms with Crippen LogP contribution in [0.15, 0.2) is 72.8 Å². The first-order chi connectivity index (χ1) is 21.3. The van der Waals surface area contributed by atoms with Crippen LogP contribution >= 0.6 is 19.4 Å². The van der Waals surface area contributed by atoms with Gasteiger partial charge in [-0.15, -0.1) is 0 Å². The van der Waals surface area contributed by atoms with Crippen molar-refractivity contribution in [1.82, 2.24) is 0 Å². The van der Waals surface area contributed by atoms with Gasteiger partial charge < -0.3 is 19.8 Å². The number of halogens is 1. The van der Waals surface area contributed by atoms with Gasteiger partial charge in [0.05, 0.1) is 22.9 Å². The maximum Gasteiger partial charge on any atom is 0.475 e. The largest absolute Gasteiger partial charge is 0.478 e. The van der Waals surface area contributed by atoms with Crippen molar-refractivity contribution >= 4 is 31.1 Å². The zero-order chi connectivity index (χ0) is 33.9. The van der Waals surface area contributed by atoms with E-state index in [1.807, 2.05) is 36.4 Å². The van der Waals surface area contributed by atoms with Gasteiger partial charge in [-0.1, -0.05) is 48.0 Å². The molecule has 0 bridgehead atoms. The van der Waals surface area contributed by atoms with Gasteiger partial charge in [-0.2, -0.15) is 0 Å². The Morgan fingerprint density at radius 1 is 0.870 bits per heavy atom. The number of phosphoric acid groups is 1. The molecule has 1 heterocycles. The van der Waals surface area contributed by atoms with Crippen LogP contribution in [0.4, 0.5) is 5.69 Å². The summed E-state index contributed by atoms with van der Waals surface area (Å²) in [5.74, 6) is -1.16. The van der Waals surface area contributed by atoms with Crippen molar-refractivity contribution in [3.63, 3.8) is 0 Å². The molecule has 0 aliphatic carbocycles. The molecule has 3 aromatic carbocycles. The molecular weight excluding hydrogens is 633 g/mol. The number of hydrogen-bond acceptors (Lipinski definition) is 7. The lowest BCUT2D eigenvalue weighted by atomic mass is 9.84. The van der Waals surface area contributed by atoms with E-state index in [-0.39, 0.29) is 11.5 Å². The van der Waals surface area contributed by atoms with Gasteiger partial charge in [-0.25, -0.2) is 13.9 Å². The monoisotopic (exact) mass is 675 g/mol. The van der Waals surface area contributed by atoms with Gasteiger partial charge in [0.1, 0.15) is 0 Å². The number of carboxylic acid groups (broad SMARTS) is 1. The van der Waals surface area contributed by atoms with Crippen molar-refractivity contribution in [2.24, 2.45) is 5.92 Å². The van der Waals surface area contributed by atoms with Crippen LogP contribution in [0.5, 0.6) is 0 Å². The summed E-state index contributed by atoms with van der Waals surface area (Å²) >= 11 is 6.20. The van der Waals surface area contributed by atoms with Gasteiger partial charge in [-0.3, -0.25) is 14.2 Å². The molecule has 0 spiro atoms. The molecule has 1 saturated heterocycles. The Morgan fingerprint density at radius 3 is 1.91 bits per heavy atom. The van der Waals surface area contributed by atoms with Crippen LogP contribution in [0.25, 0.3) is 11.1 Å². The van der Waals surface area contributed by atoms with E-state index in [0.717, 1.165) is 22.4 Å². The molecular formula is C34H43ClNO9P. The molecule has 0 amide bonds. The Balaban J connectivity index is 1.79. The van der Waals surface area contributed by atoms with E-state index < -0.39 is 37.3 Å². The highest BCUT2D eigenvalue weighted by Gasteiger charge is 2.51. The van der Waals surface area contributed by atoms with Gasteiger partial charge in [0.25, 0.3) is 0 Å². The van der Waals surface area contributed by atoms with Crippen LogP contribution in [0, 0.1) is 5.92 Å². The van der Waals surface area contributed by atoms with Crippen molar-refractivity contribution in [3.05, 3.63) is 88.9 Å². The minimum absolute atomic E-state index is 0.171. The molecule has 1 aliphatic rings. The van der Waals surface area contributed by atoms with Crippen molar-refractivity contribution < 1.29 is 43.0 Å². The Bertz CT molecular complexity index is 1500. The second-order valence-electron chi connectivity index (χ2n) is 13.3. The Labute approximate surface area is 275 Å². The number of anilines is 1. The highest BCUT2D eigenvalue weighted by molar-refractivity contribution is 7.46. The zero-order valence-electron chi connectivity index (χ0n) is 27.0. The fourth-order valence-electron chi connectivity index (χ4n) is 5.51. The molecule has 46 heavy (non-hydrogen) atoms. The van der Waals surface area contributed by atoms with Crippen LogP contribution in [0.2, 0.25) is 5.02 Å². The topological polar surface area (TPSA) is 135 Å². The van der Waals surface area contributed by atoms with Gasteiger partial charge in [0, 0.05) is 23.8 Å². The fourth-order valence-corrected chi connectivity index (χ4v) is 6.04. The quantitative estimate of drug-likeness (QED) is 0.135. The van der Waals surface area contributed by atoms with Gasteiger partial charge in [0.15, 0.2) is 0 Å². The molecule has 0 saturated carbocycles. The van der Waals surface area contributed by atoms with E-state index in [4.69, 9.17) is 30.3 Å². The minimum Gasteiger partial charge on any atom is -0.478 e. The summed E-state index contributed by atoms with van der Waals surface area (Å²) in [6, 6.07) is 21.8. The first-order valence-corrected chi connectivity index (χ1v) is 17.0. The zero-order valence-corrected chi connectivity index (χ0v) is 28.6. The lowest BCUT2D eigenvalue weighted by molar-refractivity contribution is -0.522. The number of phosphoric ester groups is 1. The predicted molar refractivity (Wildman–Crippen MR) is 177 cm³/mol. The van der Waals surface area contributed by atoms with Gasteiger partial charge >= 0.3 is 20.0 Å². The van der Waals surface area contributed by atoms with Crippen molar-refractivity contribution in [1.29, 1.82) is 0 Å². The van der Waals surface area contributed by atoms with E-state index in [1.165, 1.54) is 0 Å². The second-order valence-corrected chi connectivity index (χ2v) is 14.9. The molecule has 0 unspecified atom stereocenters. The third kappa shape index (κ3) is 10.1.